The summed E-state index contributed by atoms with van der Waals surface area (Å²) in [6.07, 6.45) is 26.4. The number of unbranched alkanes of at least 4 members (excludes halogenated alkanes) is 6. The lowest BCUT2D eigenvalue weighted by Crippen LogP contribution is -2.11. The molecular weight excluding hydrogens is 240 g/mol. The lowest BCUT2D eigenvalue weighted by Gasteiger charge is -2.24. The van der Waals surface area contributed by atoms with Crippen LogP contribution < -0.4 is 0 Å². The first-order chi connectivity index (χ1) is 9.86. The Kier molecular flexibility index (Phi) is 10.7. The smallest absolute Gasteiger partial charge is 0.0233 e. The molecule has 0 heteroatoms. The molecule has 20 heavy (non-hydrogen) atoms. The van der Waals surface area contributed by atoms with Crippen molar-refractivity contribution in [1.82, 2.24) is 0 Å². The molecular formula is C20H36. The summed E-state index contributed by atoms with van der Waals surface area (Å²) in [4.78, 5) is 0. The molecule has 0 unspecified atom stereocenters. The van der Waals surface area contributed by atoms with Gasteiger partial charge in [-0.2, -0.15) is 0 Å². The van der Waals surface area contributed by atoms with Crippen molar-refractivity contribution in [2.45, 2.75) is 90.9 Å². The van der Waals surface area contributed by atoms with Gasteiger partial charge in [0.15, 0.2) is 0 Å². The topological polar surface area (TPSA) is 0 Å². The zero-order chi connectivity index (χ0) is 14.5. The summed E-state index contributed by atoms with van der Waals surface area (Å²) < 4.78 is 0. The third-order valence-corrected chi connectivity index (χ3v) is 4.59. The Bertz CT molecular complexity index is 253. The first-order valence-electron chi connectivity index (χ1n) is 9.20. The van der Waals surface area contributed by atoms with Crippen molar-refractivity contribution in [2.75, 3.05) is 0 Å². The van der Waals surface area contributed by atoms with Gasteiger partial charge in [0, 0.05) is 0 Å². The van der Waals surface area contributed by atoms with Gasteiger partial charge in [0.2, 0.25) is 0 Å². The highest BCUT2D eigenvalue weighted by Gasteiger charge is 2.16. The molecule has 0 aromatic rings. The molecule has 0 aliphatic heterocycles. The molecule has 1 fully saturated rings. The van der Waals surface area contributed by atoms with Gasteiger partial charge in [-0.05, 0) is 56.8 Å². The molecule has 0 saturated heterocycles. The van der Waals surface area contributed by atoms with E-state index >= 15 is 0 Å². The summed E-state index contributed by atoms with van der Waals surface area (Å²) in [7, 11) is 0. The second-order valence-electron chi connectivity index (χ2n) is 6.50. The lowest BCUT2D eigenvalue weighted by atomic mass is 9.81. The number of hydrogen-bond donors (Lipinski definition) is 0. The van der Waals surface area contributed by atoms with E-state index in [0.29, 0.717) is 0 Å². The van der Waals surface area contributed by atoms with Gasteiger partial charge in [0.05, 0.1) is 0 Å². The van der Waals surface area contributed by atoms with Crippen molar-refractivity contribution in [2.24, 2.45) is 11.8 Å². The molecule has 0 heterocycles. The quantitative estimate of drug-likeness (QED) is 0.296. The minimum absolute atomic E-state index is 0.873. The third-order valence-electron chi connectivity index (χ3n) is 4.59. The molecule has 0 spiro atoms. The van der Waals surface area contributed by atoms with Crippen molar-refractivity contribution < 1.29 is 0 Å². The van der Waals surface area contributed by atoms with E-state index in [2.05, 4.69) is 38.2 Å². The molecule has 0 radical (unpaired) electrons. The molecule has 0 bridgehead atoms. The Hall–Kier alpha value is -0.520. The van der Waals surface area contributed by atoms with Crippen LogP contribution in [0.3, 0.4) is 0 Å². The Labute approximate surface area is 127 Å². The summed E-state index contributed by atoms with van der Waals surface area (Å²) in [5, 5.41) is 0. The summed E-state index contributed by atoms with van der Waals surface area (Å²) in [5.41, 5.74) is 0. The first kappa shape index (κ1) is 17.5. The van der Waals surface area contributed by atoms with Crippen LogP contribution in [-0.4, -0.2) is 0 Å². The van der Waals surface area contributed by atoms with E-state index in [1.807, 2.05) is 0 Å². The van der Waals surface area contributed by atoms with Gasteiger partial charge in [0.25, 0.3) is 0 Å². The van der Waals surface area contributed by atoms with Crippen LogP contribution in [0.4, 0.5) is 0 Å². The fraction of sp³-hybridized carbons (Fsp3) is 0.800. The zero-order valence-electron chi connectivity index (χ0n) is 13.9. The maximum absolute atomic E-state index is 2.52. The van der Waals surface area contributed by atoms with E-state index < -0.39 is 0 Å². The fourth-order valence-corrected chi connectivity index (χ4v) is 3.19. The normalized spacial score (nSPS) is 23.9. The first-order valence-corrected chi connectivity index (χ1v) is 9.20. The minimum Gasteiger partial charge on any atom is -0.0885 e. The standard InChI is InChI=1S/C20H36/c1-3-5-7-8-9-10-11-12-14-20-17-15-19(16-18-20)13-6-4-2/h6,12-14,19-20H,3-5,7-11,15-18H2,1-2H3/b13-6+,14-12+. The lowest BCUT2D eigenvalue weighted by molar-refractivity contribution is 0.355. The molecule has 0 nitrogen and oxygen atoms in total. The van der Waals surface area contributed by atoms with Gasteiger partial charge < -0.3 is 0 Å². The predicted molar refractivity (Wildman–Crippen MR) is 92.0 cm³/mol. The number of hydrogen-bond acceptors (Lipinski definition) is 0. The molecule has 0 aromatic carbocycles. The summed E-state index contributed by atoms with van der Waals surface area (Å²) in [5.74, 6) is 1.75. The predicted octanol–water partition coefficient (Wildman–Crippen LogP) is 7.07. The zero-order valence-corrected chi connectivity index (χ0v) is 13.9. The molecule has 0 amide bonds. The molecule has 0 N–H and O–H groups in total. The molecule has 1 rings (SSSR count). The van der Waals surface area contributed by atoms with Crippen LogP contribution in [0.25, 0.3) is 0 Å². The van der Waals surface area contributed by atoms with Crippen molar-refractivity contribution in [3.05, 3.63) is 24.3 Å². The van der Waals surface area contributed by atoms with Crippen molar-refractivity contribution >= 4 is 0 Å². The minimum atomic E-state index is 0.873. The van der Waals surface area contributed by atoms with Gasteiger partial charge in [-0.25, -0.2) is 0 Å². The molecule has 1 saturated carbocycles. The average molecular weight is 277 g/mol. The van der Waals surface area contributed by atoms with Crippen LogP contribution >= 0.6 is 0 Å². The van der Waals surface area contributed by atoms with Gasteiger partial charge >= 0.3 is 0 Å². The van der Waals surface area contributed by atoms with E-state index in [-0.39, 0.29) is 0 Å². The Morgan fingerprint density at radius 2 is 1.25 bits per heavy atom. The van der Waals surface area contributed by atoms with Crippen LogP contribution in [0.2, 0.25) is 0 Å². The van der Waals surface area contributed by atoms with Gasteiger partial charge in [-0.3, -0.25) is 0 Å². The molecule has 0 aromatic heterocycles. The van der Waals surface area contributed by atoms with E-state index in [4.69, 9.17) is 0 Å². The summed E-state index contributed by atoms with van der Waals surface area (Å²) in [6, 6.07) is 0. The third kappa shape index (κ3) is 8.61. The van der Waals surface area contributed by atoms with Gasteiger partial charge in [-0.15, -0.1) is 0 Å². The molecule has 116 valence electrons. The SMILES string of the molecule is CC/C=C/C1CCC(/C=C/CCCCCCCC)CC1. The van der Waals surface area contributed by atoms with Crippen LogP contribution in [0, 0.1) is 11.8 Å². The highest BCUT2D eigenvalue weighted by molar-refractivity contribution is 4.95. The second-order valence-corrected chi connectivity index (χ2v) is 6.50. The maximum atomic E-state index is 2.52. The average Bonchev–Trinajstić information content (AvgIpc) is 2.49. The maximum Gasteiger partial charge on any atom is -0.0233 e. The van der Waals surface area contributed by atoms with E-state index in [1.54, 1.807) is 0 Å². The van der Waals surface area contributed by atoms with Gasteiger partial charge in [-0.1, -0.05) is 70.3 Å². The van der Waals surface area contributed by atoms with Crippen molar-refractivity contribution in [3.8, 4) is 0 Å². The van der Waals surface area contributed by atoms with Crippen LogP contribution in [-0.2, 0) is 0 Å². The van der Waals surface area contributed by atoms with Gasteiger partial charge in [0.1, 0.15) is 0 Å². The largest absolute Gasteiger partial charge is 0.0885 e. The summed E-state index contributed by atoms with van der Waals surface area (Å²) >= 11 is 0. The van der Waals surface area contributed by atoms with Crippen molar-refractivity contribution in [1.29, 1.82) is 0 Å². The van der Waals surface area contributed by atoms with Crippen molar-refractivity contribution in [3.63, 3.8) is 0 Å². The van der Waals surface area contributed by atoms with E-state index in [0.717, 1.165) is 11.8 Å². The molecule has 1 aliphatic carbocycles. The summed E-state index contributed by atoms with van der Waals surface area (Å²) in [6.45, 7) is 4.52. The molecule has 0 atom stereocenters. The Balaban J connectivity index is 1.99. The Morgan fingerprint density at radius 3 is 1.85 bits per heavy atom. The van der Waals surface area contributed by atoms with Crippen LogP contribution in [0.5, 0.6) is 0 Å². The van der Waals surface area contributed by atoms with Crippen LogP contribution in [0.15, 0.2) is 24.3 Å². The van der Waals surface area contributed by atoms with E-state index in [1.165, 1.54) is 77.0 Å². The highest BCUT2D eigenvalue weighted by atomic mass is 14.2. The van der Waals surface area contributed by atoms with Crippen LogP contribution in [0.1, 0.15) is 90.9 Å². The molecule has 1 aliphatic rings. The number of rotatable bonds is 10. The second kappa shape index (κ2) is 12.2. The monoisotopic (exact) mass is 276 g/mol. The Morgan fingerprint density at radius 1 is 0.700 bits per heavy atom. The fourth-order valence-electron chi connectivity index (χ4n) is 3.19. The highest BCUT2D eigenvalue weighted by Crippen LogP contribution is 2.30. The number of allylic oxidation sites excluding steroid dienone is 4. The van der Waals surface area contributed by atoms with E-state index in [9.17, 15) is 0 Å².